The highest BCUT2D eigenvalue weighted by Crippen LogP contribution is 2.23. The van der Waals surface area contributed by atoms with Crippen LogP contribution in [0.1, 0.15) is 19.3 Å². The van der Waals surface area contributed by atoms with Crippen LogP contribution in [0.2, 0.25) is 0 Å². The number of hydrogen-bond donors (Lipinski definition) is 2. The second-order valence-corrected chi connectivity index (χ2v) is 6.16. The molecule has 2 saturated heterocycles. The molecule has 2 heterocycles. The molecule has 20 heavy (non-hydrogen) atoms. The number of carbonyl (C=O) groups excluding carboxylic acids is 2. The van der Waals surface area contributed by atoms with E-state index in [2.05, 4.69) is 0 Å². The fourth-order valence-electron chi connectivity index (χ4n) is 2.66. The Morgan fingerprint density at radius 3 is 2.45 bits per heavy atom. The van der Waals surface area contributed by atoms with Crippen LogP contribution in [0.4, 0.5) is 4.79 Å². The number of carbonyl (C=O) groups is 3. The van der Waals surface area contributed by atoms with E-state index in [1.54, 1.807) is 0 Å². The van der Waals surface area contributed by atoms with Gasteiger partial charge in [0.2, 0.25) is 5.91 Å². The summed E-state index contributed by atoms with van der Waals surface area (Å²) in [4.78, 5) is 38.1. The van der Waals surface area contributed by atoms with E-state index in [1.165, 1.54) is 21.6 Å². The van der Waals surface area contributed by atoms with Crippen molar-refractivity contribution >= 4 is 29.7 Å². The van der Waals surface area contributed by atoms with Gasteiger partial charge in [0.15, 0.2) is 0 Å². The van der Waals surface area contributed by atoms with Gasteiger partial charge in [-0.05, 0) is 19.3 Å². The Balaban J connectivity index is 2.14. The predicted octanol–water partition coefficient (Wildman–Crippen LogP) is -0.0518. The third-order valence-electron chi connectivity index (χ3n) is 3.74. The van der Waals surface area contributed by atoms with Gasteiger partial charge < -0.3 is 20.6 Å². The van der Waals surface area contributed by atoms with Crippen molar-refractivity contribution in [3.8, 4) is 0 Å². The number of carboxylic acid groups (broad SMARTS) is 1. The number of aliphatic carboxylic acids is 1. The van der Waals surface area contributed by atoms with E-state index < -0.39 is 24.0 Å². The third kappa shape index (κ3) is 3.00. The van der Waals surface area contributed by atoms with Crippen LogP contribution < -0.4 is 5.73 Å². The maximum Gasteiger partial charge on any atom is 0.327 e. The second-order valence-electron chi connectivity index (χ2n) is 5.01. The second kappa shape index (κ2) is 6.34. The number of nitrogens with zero attached hydrogens (tertiary/aromatic N) is 2. The maximum atomic E-state index is 12.6. The number of amides is 3. The zero-order valence-corrected chi connectivity index (χ0v) is 12.0. The molecule has 112 valence electrons. The smallest absolute Gasteiger partial charge is 0.327 e. The van der Waals surface area contributed by atoms with Crippen LogP contribution in [0.15, 0.2) is 0 Å². The zero-order chi connectivity index (χ0) is 14.7. The molecule has 3 N–H and O–H groups in total. The summed E-state index contributed by atoms with van der Waals surface area (Å²) >= 11 is 1.52. The van der Waals surface area contributed by atoms with Gasteiger partial charge in [0.05, 0.1) is 0 Å². The molecular weight excluding hydrogens is 282 g/mol. The summed E-state index contributed by atoms with van der Waals surface area (Å²) in [6.45, 7) is 0.852. The maximum absolute atomic E-state index is 12.6. The lowest BCUT2D eigenvalue weighted by Crippen LogP contribution is -2.59. The lowest BCUT2D eigenvalue weighted by Gasteiger charge is -2.40. The number of primary amides is 1. The van der Waals surface area contributed by atoms with E-state index >= 15 is 0 Å². The summed E-state index contributed by atoms with van der Waals surface area (Å²) in [7, 11) is 0. The van der Waals surface area contributed by atoms with Crippen molar-refractivity contribution < 1.29 is 19.5 Å². The van der Waals surface area contributed by atoms with Crippen molar-refractivity contribution in [3.63, 3.8) is 0 Å². The highest BCUT2D eigenvalue weighted by Gasteiger charge is 2.39. The molecule has 7 nitrogen and oxygen atoms in total. The predicted molar refractivity (Wildman–Crippen MR) is 74.4 cm³/mol. The number of thioether (sulfide) groups is 1. The molecule has 2 unspecified atom stereocenters. The molecule has 2 rings (SSSR count). The van der Waals surface area contributed by atoms with Gasteiger partial charge in [-0.3, -0.25) is 4.79 Å². The number of hydrogen-bond acceptors (Lipinski definition) is 4. The molecular formula is C12H19N3O4S. The third-order valence-corrected chi connectivity index (χ3v) is 4.76. The van der Waals surface area contributed by atoms with Crippen molar-refractivity contribution in [1.82, 2.24) is 9.80 Å². The molecule has 2 aliphatic heterocycles. The van der Waals surface area contributed by atoms with Crippen molar-refractivity contribution in [3.05, 3.63) is 0 Å². The van der Waals surface area contributed by atoms with Gasteiger partial charge in [-0.25, -0.2) is 9.59 Å². The first kappa shape index (κ1) is 15.0. The normalized spacial score (nSPS) is 27.2. The number of urea groups is 1. The Hall–Kier alpha value is -1.44. The van der Waals surface area contributed by atoms with E-state index in [-0.39, 0.29) is 6.03 Å². The van der Waals surface area contributed by atoms with E-state index in [9.17, 15) is 19.5 Å². The first-order valence-corrected chi connectivity index (χ1v) is 7.85. The van der Waals surface area contributed by atoms with Gasteiger partial charge >= 0.3 is 12.0 Å². The number of carboxylic acids is 1. The molecule has 0 bridgehead atoms. The minimum atomic E-state index is -1.00. The fourth-order valence-corrected chi connectivity index (χ4v) is 3.70. The molecule has 0 radical (unpaired) electrons. The summed E-state index contributed by atoms with van der Waals surface area (Å²) in [6.07, 6.45) is 2.23. The van der Waals surface area contributed by atoms with Crippen molar-refractivity contribution in [2.75, 3.05) is 24.6 Å². The van der Waals surface area contributed by atoms with E-state index in [4.69, 9.17) is 5.73 Å². The molecule has 2 aliphatic rings. The number of piperidine rings is 1. The first-order valence-electron chi connectivity index (χ1n) is 6.69. The topological polar surface area (TPSA) is 104 Å². The van der Waals surface area contributed by atoms with Crippen molar-refractivity contribution in [2.24, 2.45) is 5.73 Å². The Labute approximate surface area is 121 Å². The average molecular weight is 301 g/mol. The Morgan fingerprint density at radius 2 is 1.80 bits per heavy atom. The summed E-state index contributed by atoms with van der Waals surface area (Å²) < 4.78 is 0. The van der Waals surface area contributed by atoms with E-state index in [0.29, 0.717) is 31.0 Å². The zero-order valence-electron chi connectivity index (χ0n) is 11.2. The SMILES string of the molecule is NC(=O)C1CCCCN1C(=O)N1CCSCC1C(=O)O. The molecule has 8 heteroatoms. The summed E-state index contributed by atoms with van der Waals surface area (Å²) in [5.41, 5.74) is 5.35. The van der Waals surface area contributed by atoms with Crippen LogP contribution in [0.25, 0.3) is 0 Å². The van der Waals surface area contributed by atoms with Crippen molar-refractivity contribution in [1.29, 1.82) is 0 Å². The lowest BCUT2D eigenvalue weighted by molar-refractivity contribution is -0.141. The summed E-state index contributed by atoms with van der Waals surface area (Å²) in [5.74, 6) is -0.421. The molecule has 0 aromatic carbocycles. The minimum absolute atomic E-state index is 0.374. The van der Waals surface area contributed by atoms with E-state index in [1.807, 2.05) is 0 Å². The van der Waals surface area contributed by atoms with Crippen LogP contribution >= 0.6 is 11.8 Å². The molecule has 0 aromatic heterocycles. The van der Waals surface area contributed by atoms with Crippen LogP contribution in [-0.2, 0) is 9.59 Å². The lowest BCUT2D eigenvalue weighted by atomic mass is 10.0. The molecule has 2 fully saturated rings. The fraction of sp³-hybridized carbons (Fsp3) is 0.750. The van der Waals surface area contributed by atoms with Crippen LogP contribution in [0.3, 0.4) is 0 Å². The number of likely N-dealkylation sites (tertiary alicyclic amines) is 1. The monoisotopic (exact) mass is 301 g/mol. The molecule has 2 atom stereocenters. The van der Waals surface area contributed by atoms with Gasteiger partial charge in [-0.2, -0.15) is 11.8 Å². The first-order chi connectivity index (χ1) is 9.52. The highest BCUT2D eigenvalue weighted by atomic mass is 32.2. The minimum Gasteiger partial charge on any atom is -0.480 e. The van der Waals surface area contributed by atoms with Gasteiger partial charge in [0.25, 0.3) is 0 Å². The Kier molecular flexibility index (Phi) is 4.74. The van der Waals surface area contributed by atoms with Crippen LogP contribution in [0.5, 0.6) is 0 Å². The Morgan fingerprint density at radius 1 is 1.10 bits per heavy atom. The summed E-state index contributed by atoms with van der Waals surface area (Å²) in [6, 6.07) is -1.81. The molecule has 3 amide bonds. The quantitative estimate of drug-likeness (QED) is 0.744. The highest BCUT2D eigenvalue weighted by molar-refractivity contribution is 7.99. The van der Waals surface area contributed by atoms with Crippen LogP contribution in [-0.4, -0.2) is 69.5 Å². The van der Waals surface area contributed by atoms with E-state index in [0.717, 1.165) is 12.8 Å². The molecule has 0 saturated carbocycles. The van der Waals surface area contributed by atoms with Crippen molar-refractivity contribution in [2.45, 2.75) is 31.3 Å². The van der Waals surface area contributed by atoms with Gasteiger partial charge in [0, 0.05) is 24.6 Å². The van der Waals surface area contributed by atoms with Crippen LogP contribution in [0, 0.1) is 0 Å². The molecule has 0 aliphatic carbocycles. The summed E-state index contributed by atoms with van der Waals surface area (Å²) in [5, 5.41) is 9.21. The largest absolute Gasteiger partial charge is 0.480 e. The number of nitrogens with two attached hydrogens (primary N) is 1. The van der Waals surface area contributed by atoms with Gasteiger partial charge in [-0.15, -0.1) is 0 Å². The number of rotatable bonds is 2. The molecule has 0 spiro atoms. The van der Waals surface area contributed by atoms with Gasteiger partial charge in [-0.1, -0.05) is 0 Å². The molecule has 0 aromatic rings. The average Bonchev–Trinajstić information content (AvgIpc) is 2.46. The Bertz CT molecular complexity index is 382. The standard InChI is InChI=1S/C12H19N3O4S/c13-10(16)8-3-1-2-4-14(8)12(19)15-5-6-20-7-9(15)11(17)18/h8-9H,1-7H2,(H2,13,16)(H,17,18). The van der Waals surface area contributed by atoms with Gasteiger partial charge in [0.1, 0.15) is 12.1 Å².